The van der Waals surface area contributed by atoms with E-state index in [-0.39, 0.29) is 11.9 Å². The van der Waals surface area contributed by atoms with Crippen molar-refractivity contribution >= 4 is 11.0 Å². The summed E-state index contributed by atoms with van der Waals surface area (Å²) in [5.74, 6) is 1.38. The SMILES string of the molecule is CC1CCNC1c1nc2ccc(F)cc2n1C. The van der Waals surface area contributed by atoms with Crippen molar-refractivity contribution in [3.8, 4) is 0 Å². The second kappa shape index (κ2) is 3.81. The number of rotatable bonds is 1. The molecule has 3 rings (SSSR count). The van der Waals surface area contributed by atoms with Gasteiger partial charge in [0.15, 0.2) is 0 Å². The number of benzene rings is 1. The van der Waals surface area contributed by atoms with E-state index in [0.29, 0.717) is 5.92 Å². The van der Waals surface area contributed by atoms with Crippen molar-refractivity contribution in [2.75, 3.05) is 6.54 Å². The van der Waals surface area contributed by atoms with Crippen molar-refractivity contribution in [3.63, 3.8) is 0 Å². The Kier molecular flexibility index (Phi) is 2.40. The van der Waals surface area contributed by atoms with Gasteiger partial charge in [-0.05, 0) is 37.1 Å². The topological polar surface area (TPSA) is 29.9 Å². The van der Waals surface area contributed by atoms with Gasteiger partial charge in [0, 0.05) is 7.05 Å². The lowest BCUT2D eigenvalue weighted by atomic mass is 10.0. The van der Waals surface area contributed by atoms with E-state index >= 15 is 0 Å². The van der Waals surface area contributed by atoms with Gasteiger partial charge in [-0.2, -0.15) is 0 Å². The highest BCUT2D eigenvalue weighted by Crippen LogP contribution is 2.30. The Morgan fingerprint density at radius 1 is 1.47 bits per heavy atom. The predicted octanol–water partition coefficient (Wildman–Crippen LogP) is 2.38. The Bertz CT molecular complexity index is 561. The minimum atomic E-state index is -0.209. The molecule has 2 aromatic rings. The minimum Gasteiger partial charge on any atom is -0.330 e. The van der Waals surface area contributed by atoms with E-state index in [4.69, 9.17) is 0 Å². The summed E-state index contributed by atoms with van der Waals surface area (Å²) in [6.45, 7) is 3.26. The first-order valence-electron chi connectivity index (χ1n) is 6.02. The summed E-state index contributed by atoms with van der Waals surface area (Å²) in [6, 6.07) is 5.04. The van der Waals surface area contributed by atoms with Crippen molar-refractivity contribution in [1.82, 2.24) is 14.9 Å². The molecule has 0 spiro atoms. The van der Waals surface area contributed by atoms with Crippen LogP contribution in [-0.2, 0) is 7.05 Å². The molecular weight excluding hydrogens is 217 g/mol. The summed E-state index contributed by atoms with van der Waals surface area (Å²) in [4.78, 5) is 4.62. The molecule has 2 heterocycles. The molecule has 1 aromatic carbocycles. The Morgan fingerprint density at radius 2 is 2.29 bits per heavy atom. The van der Waals surface area contributed by atoms with Gasteiger partial charge in [0.1, 0.15) is 11.6 Å². The number of nitrogens with zero attached hydrogens (tertiary/aromatic N) is 2. The van der Waals surface area contributed by atoms with E-state index < -0.39 is 0 Å². The fourth-order valence-electron chi connectivity index (χ4n) is 2.64. The molecule has 1 aliphatic rings. The van der Waals surface area contributed by atoms with Crippen molar-refractivity contribution in [2.45, 2.75) is 19.4 Å². The zero-order chi connectivity index (χ0) is 12.0. The second-order valence-electron chi connectivity index (χ2n) is 4.86. The highest BCUT2D eigenvalue weighted by atomic mass is 19.1. The van der Waals surface area contributed by atoms with Crippen LogP contribution in [0.3, 0.4) is 0 Å². The van der Waals surface area contributed by atoms with Crippen LogP contribution < -0.4 is 5.32 Å². The molecule has 17 heavy (non-hydrogen) atoms. The molecule has 0 bridgehead atoms. The maximum absolute atomic E-state index is 13.2. The maximum Gasteiger partial charge on any atom is 0.127 e. The van der Waals surface area contributed by atoms with Gasteiger partial charge >= 0.3 is 0 Å². The Labute approximate surface area is 99.7 Å². The van der Waals surface area contributed by atoms with Gasteiger partial charge in [0.25, 0.3) is 0 Å². The third kappa shape index (κ3) is 1.63. The number of imidazole rings is 1. The van der Waals surface area contributed by atoms with Gasteiger partial charge in [-0.1, -0.05) is 6.92 Å². The fourth-order valence-corrected chi connectivity index (χ4v) is 2.64. The largest absolute Gasteiger partial charge is 0.330 e. The average Bonchev–Trinajstić information content (AvgIpc) is 2.84. The summed E-state index contributed by atoms with van der Waals surface area (Å²) >= 11 is 0. The Morgan fingerprint density at radius 3 is 3.00 bits per heavy atom. The van der Waals surface area contributed by atoms with Crippen LogP contribution in [-0.4, -0.2) is 16.1 Å². The summed E-state index contributed by atoms with van der Waals surface area (Å²) in [5, 5.41) is 3.46. The van der Waals surface area contributed by atoms with Crippen LogP contribution >= 0.6 is 0 Å². The Hall–Kier alpha value is -1.42. The van der Waals surface area contributed by atoms with Gasteiger partial charge in [-0.3, -0.25) is 0 Å². The van der Waals surface area contributed by atoms with E-state index in [0.717, 1.165) is 23.4 Å². The summed E-state index contributed by atoms with van der Waals surface area (Å²) < 4.78 is 15.2. The van der Waals surface area contributed by atoms with Crippen molar-refractivity contribution < 1.29 is 4.39 Å². The van der Waals surface area contributed by atoms with Crippen molar-refractivity contribution in [2.24, 2.45) is 13.0 Å². The Balaban J connectivity index is 2.14. The predicted molar refractivity (Wildman–Crippen MR) is 65.2 cm³/mol. The number of hydrogen-bond donors (Lipinski definition) is 1. The number of aryl methyl sites for hydroxylation is 1. The standard InChI is InChI=1S/C13H16FN3/c1-8-5-6-15-12(8)13-16-10-4-3-9(14)7-11(10)17(13)2/h3-4,7-8,12,15H,5-6H2,1-2H3. The van der Waals surface area contributed by atoms with E-state index in [1.165, 1.54) is 12.5 Å². The molecule has 0 amide bonds. The van der Waals surface area contributed by atoms with Crippen LogP contribution in [0.1, 0.15) is 25.2 Å². The first-order valence-corrected chi connectivity index (χ1v) is 6.02. The van der Waals surface area contributed by atoms with E-state index in [1.807, 2.05) is 11.6 Å². The molecule has 1 aromatic heterocycles. The molecular formula is C13H16FN3. The van der Waals surface area contributed by atoms with Gasteiger partial charge in [0.05, 0.1) is 17.1 Å². The van der Waals surface area contributed by atoms with E-state index in [1.54, 1.807) is 12.1 Å². The van der Waals surface area contributed by atoms with E-state index in [2.05, 4.69) is 17.2 Å². The molecule has 2 unspecified atom stereocenters. The number of halogens is 1. The molecule has 0 radical (unpaired) electrons. The quantitative estimate of drug-likeness (QED) is 0.819. The first kappa shape index (κ1) is 10.7. The fraction of sp³-hybridized carbons (Fsp3) is 0.462. The molecule has 1 N–H and O–H groups in total. The smallest absolute Gasteiger partial charge is 0.127 e. The van der Waals surface area contributed by atoms with Crippen molar-refractivity contribution in [1.29, 1.82) is 0 Å². The van der Waals surface area contributed by atoms with Crippen molar-refractivity contribution in [3.05, 3.63) is 29.8 Å². The lowest BCUT2D eigenvalue weighted by molar-refractivity contribution is 0.469. The molecule has 1 aliphatic heterocycles. The van der Waals surface area contributed by atoms with Gasteiger partial charge in [-0.15, -0.1) is 0 Å². The lowest BCUT2D eigenvalue weighted by Crippen LogP contribution is -2.20. The van der Waals surface area contributed by atoms with Crippen LogP contribution in [0, 0.1) is 11.7 Å². The number of aromatic nitrogens is 2. The number of fused-ring (bicyclic) bond motifs is 1. The number of hydrogen-bond acceptors (Lipinski definition) is 2. The molecule has 0 aliphatic carbocycles. The molecule has 2 atom stereocenters. The highest BCUT2D eigenvalue weighted by Gasteiger charge is 2.28. The molecule has 90 valence electrons. The third-order valence-corrected chi connectivity index (χ3v) is 3.69. The first-order chi connectivity index (χ1) is 8.16. The average molecular weight is 233 g/mol. The number of nitrogens with one attached hydrogen (secondary N) is 1. The lowest BCUT2D eigenvalue weighted by Gasteiger charge is -2.15. The normalized spacial score (nSPS) is 24.6. The van der Waals surface area contributed by atoms with Crippen LogP contribution in [0.4, 0.5) is 4.39 Å². The zero-order valence-corrected chi connectivity index (χ0v) is 10.1. The molecule has 1 fully saturated rings. The van der Waals surface area contributed by atoms with Gasteiger partial charge in [-0.25, -0.2) is 9.37 Å². The summed E-state index contributed by atoms with van der Waals surface area (Å²) in [7, 11) is 1.96. The molecule has 3 nitrogen and oxygen atoms in total. The van der Waals surface area contributed by atoms with Gasteiger partial charge in [0.2, 0.25) is 0 Å². The van der Waals surface area contributed by atoms with Crippen LogP contribution in [0.5, 0.6) is 0 Å². The monoisotopic (exact) mass is 233 g/mol. The zero-order valence-electron chi connectivity index (χ0n) is 10.1. The summed E-state index contributed by atoms with van der Waals surface area (Å²) in [5.41, 5.74) is 1.73. The minimum absolute atomic E-state index is 0.209. The third-order valence-electron chi connectivity index (χ3n) is 3.69. The highest BCUT2D eigenvalue weighted by molar-refractivity contribution is 5.76. The van der Waals surface area contributed by atoms with Crippen LogP contribution in [0.25, 0.3) is 11.0 Å². The summed E-state index contributed by atoms with van der Waals surface area (Å²) in [6.07, 6.45) is 1.17. The van der Waals surface area contributed by atoms with Gasteiger partial charge < -0.3 is 9.88 Å². The second-order valence-corrected chi connectivity index (χ2v) is 4.86. The molecule has 1 saturated heterocycles. The van der Waals surface area contributed by atoms with E-state index in [9.17, 15) is 4.39 Å². The molecule has 0 saturated carbocycles. The van der Waals surface area contributed by atoms with Crippen LogP contribution in [0.2, 0.25) is 0 Å². The maximum atomic E-state index is 13.2. The van der Waals surface area contributed by atoms with Crippen LogP contribution in [0.15, 0.2) is 18.2 Å². The molecule has 4 heteroatoms.